The first-order valence-electron chi connectivity index (χ1n) is 4.77. The molecule has 1 amide bonds. The van der Waals surface area contributed by atoms with Gasteiger partial charge in [-0.25, -0.2) is 0 Å². The van der Waals surface area contributed by atoms with E-state index in [1.807, 2.05) is 13.8 Å². The molecule has 0 radical (unpaired) electrons. The normalized spacial score (nSPS) is 28.9. The monoisotopic (exact) mass is 186 g/mol. The Labute approximate surface area is 78.8 Å². The van der Waals surface area contributed by atoms with Crippen molar-refractivity contribution in [3.8, 4) is 0 Å². The fourth-order valence-corrected chi connectivity index (χ4v) is 1.36. The third kappa shape index (κ3) is 3.32. The van der Waals surface area contributed by atoms with E-state index >= 15 is 0 Å². The number of rotatable bonds is 2. The number of hydrogen-bond acceptors (Lipinski definition) is 3. The van der Waals surface area contributed by atoms with Crippen LogP contribution in [0.25, 0.3) is 0 Å². The summed E-state index contributed by atoms with van der Waals surface area (Å²) in [6.45, 7) is 4.37. The molecule has 0 saturated carbocycles. The van der Waals surface area contributed by atoms with Crippen LogP contribution in [0.5, 0.6) is 0 Å². The fourth-order valence-electron chi connectivity index (χ4n) is 1.36. The summed E-state index contributed by atoms with van der Waals surface area (Å²) >= 11 is 0. The number of ether oxygens (including phenoxy) is 1. The standard InChI is InChI=1S/C9H18N2O2/c1-6(2)11-9(12)8-4-3-7(10)5-13-8/h6-8H,3-5,10H2,1-2H3,(H,11,12)/t7?,8-/m0/s1. The summed E-state index contributed by atoms with van der Waals surface area (Å²) in [6, 6.07) is 0.273. The largest absolute Gasteiger partial charge is 0.367 e. The first kappa shape index (κ1) is 10.5. The Morgan fingerprint density at radius 3 is 2.69 bits per heavy atom. The number of nitrogens with two attached hydrogens (primary N) is 1. The maximum atomic E-state index is 11.4. The van der Waals surface area contributed by atoms with Crippen LogP contribution < -0.4 is 11.1 Å². The lowest BCUT2D eigenvalue weighted by molar-refractivity contribution is -0.136. The zero-order valence-corrected chi connectivity index (χ0v) is 8.25. The highest BCUT2D eigenvalue weighted by Crippen LogP contribution is 2.12. The van der Waals surface area contributed by atoms with Gasteiger partial charge in [0.15, 0.2) is 0 Å². The molecule has 1 unspecified atom stereocenters. The molecular formula is C9H18N2O2. The number of hydrogen-bond donors (Lipinski definition) is 2. The van der Waals surface area contributed by atoms with Gasteiger partial charge in [0.2, 0.25) is 5.91 Å². The molecule has 1 aliphatic heterocycles. The lowest BCUT2D eigenvalue weighted by atomic mass is 10.1. The molecule has 4 heteroatoms. The van der Waals surface area contributed by atoms with Gasteiger partial charge in [-0.1, -0.05) is 0 Å². The van der Waals surface area contributed by atoms with E-state index in [2.05, 4.69) is 5.32 Å². The summed E-state index contributed by atoms with van der Waals surface area (Å²) in [7, 11) is 0. The molecule has 1 fully saturated rings. The first-order chi connectivity index (χ1) is 6.09. The van der Waals surface area contributed by atoms with Crippen molar-refractivity contribution >= 4 is 5.91 Å². The number of nitrogens with one attached hydrogen (secondary N) is 1. The summed E-state index contributed by atoms with van der Waals surface area (Å²) in [4.78, 5) is 11.4. The van der Waals surface area contributed by atoms with Crippen molar-refractivity contribution < 1.29 is 9.53 Å². The van der Waals surface area contributed by atoms with Crippen LogP contribution in [-0.4, -0.2) is 30.7 Å². The van der Waals surface area contributed by atoms with E-state index in [-0.39, 0.29) is 24.1 Å². The molecule has 0 aromatic heterocycles. The van der Waals surface area contributed by atoms with Gasteiger partial charge in [0.25, 0.3) is 0 Å². The summed E-state index contributed by atoms with van der Waals surface area (Å²) < 4.78 is 5.32. The van der Waals surface area contributed by atoms with Gasteiger partial charge >= 0.3 is 0 Å². The quantitative estimate of drug-likeness (QED) is 0.639. The molecule has 4 nitrogen and oxygen atoms in total. The summed E-state index contributed by atoms with van der Waals surface area (Å²) in [5.74, 6) is -0.0121. The van der Waals surface area contributed by atoms with Crippen molar-refractivity contribution in [2.24, 2.45) is 5.73 Å². The van der Waals surface area contributed by atoms with E-state index in [0.717, 1.165) is 12.8 Å². The highest BCUT2D eigenvalue weighted by atomic mass is 16.5. The van der Waals surface area contributed by atoms with Crippen LogP contribution in [0, 0.1) is 0 Å². The molecule has 0 bridgehead atoms. The van der Waals surface area contributed by atoms with Crippen LogP contribution in [0.4, 0.5) is 0 Å². The molecule has 13 heavy (non-hydrogen) atoms. The van der Waals surface area contributed by atoms with E-state index < -0.39 is 0 Å². The molecule has 1 aliphatic rings. The fraction of sp³-hybridized carbons (Fsp3) is 0.889. The van der Waals surface area contributed by atoms with E-state index in [0.29, 0.717) is 6.61 Å². The van der Waals surface area contributed by atoms with Crippen molar-refractivity contribution in [2.75, 3.05) is 6.61 Å². The van der Waals surface area contributed by atoms with Gasteiger partial charge in [0, 0.05) is 12.1 Å². The van der Waals surface area contributed by atoms with Crippen molar-refractivity contribution in [3.05, 3.63) is 0 Å². The van der Waals surface area contributed by atoms with Gasteiger partial charge in [-0.3, -0.25) is 4.79 Å². The molecule has 3 N–H and O–H groups in total. The molecule has 0 spiro atoms. The molecule has 1 heterocycles. The van der Waals surface area contributed by atoms with Crippen LogP contribution >= 0.6 is 0 Å². The minimum absolute atomic E-state index is 0.0121. The van der Waals surface area contributed by atoms with E-state index in [1.54, 1.807) is 0 Å². The smallest absolute Gasteiger partial charge is 0.249 e. The summed E-state index contributed by atoms with van der Waals surface area (Å²) in [5, 5.41) is 2.82. The summed E-state index contributed by atoms with van der Waals surface area (Å²) in [5.41, 5.74) is 5.64. The van der Waals surface area contributed by atoms with Crippen LogP contribution in [0.15, 0.2) is 0 Å². The SMILES string of the molecule is CC(C)NC(=O)[C@@H]1CCC(N)CO1. The van der Waals surface area contributed by atoms with Crippen LogP contribution in [0.2, 0.25) is 0 Å². The zero-order chi connectivity index (χ0) is 9.84. The van der Waals surface area contributed by atoms with Crippen molar-refractivity contribution in [2.45, 2.75) is 44.9 Å². The molecule has 0 aromatic rings. The molecule has 1 saturated heterocycles. The Hall–Kier alpha value is -0.610. The highest BCUT2D eigenvalue weighted by Gasteiger charge is 2.25. The lowest BCUT2D eigenvalue weighted by Crippen LogP contribution is -2.45. The van der Waals surface area contributed by atoms with E-state index in [9.17, 15) is 4.79 Å². The Kier molecular flexibility index (Phi) is 3.69. The predicted octanol–water partition coefficient (Wildman–Crippen LogP) is 0.0173. The Morgan fingerprint density at radius 1 is 1.54 bits per heavy atom. The molecule has 1 rings (SSSR count). The molecule has 0 aliphatic carbocycles. The maximum Gasteiger partial charge on any atom is 0.249 e. The number of amides is 1. The molecular weight excluding hydrogens is 168 g/mol. The van der Waals surface area contributed by atoms with Crippen LogP contribution in [0.3, 0.4) is 0 Å². The second-order valence-electron chi connectivity index (χ2n) is 3.82. The van der Waals surface area contributed by atoms with Gasteiger partial charge in [-0.2, -0.15) is 0 Å². The number of carbonyl (C=O) groups excluding carboxylic acids is 1. The second-order valence-corrected chi connectivity index (χ2v) is 3.82. The molecule has 2 atom stereocenters. The van der Waals surface area contributed by atoms with Crippen molar-refractivity contribution in [1.29, 1.82) is 0 Å². The van der Waals surface area contributed by atoms with E-state index in [1.165, 1.54) is 0 Å². The zero-order valence-electron chi connectivity index (χ0n) is 8.25. The third-order valence-electron chi connectivity index (χ3n) is 2.03. The first-order valence-corrected chi connectivity index (χ1v) is 4.77. The third-order valence-corrected chi connectivity index (χ3v) is 2.03. The Balaban J connectivity index is 2.31. The topological polar surface area (TPSA) is 64.4 Å². The predicted molar refractivity (Wildman–Crippen MR) is 50.2 cm³/mol. The van der Waals surface area contributed by atoms with Crippen molar-refractivity contribution in [3.63, 3.8) is 0 Å². The van der Waals surface area contributed by atoms with Gasteiger partial charge in [-0.15, -0.1) is 0 Å². The average molecular weight is 186 g/mol. The number of carbonyl (C=O) groups is 1. The van der Waals surface area contributed by atoms with Crippen molar-refractivity contribution in [1.82, 2.24) is 5.32 Å². The van der Waals surface area contributed by atoms with E-state index in [4.69, 9.17) is 10.5 Å². The minimum Gasteiger partial charge on any atom is -0.367 e. The van der Waals surface area contributed by atoms with Gasteiger partial charge < -0.3 is 15.8 Å². The maximum absolute atomic E-state index is 11.4. The highest BCUT2D eigenvalue weighted by molar-refractivity contribution is 5.81. The van der Waals surface area contributed by atoms with Crippen LogP contribution in [0.1, 0.15) is 26.7 Å². The average Bonchev–Trinajstić information content (AvgIpc) is 2.04. The van der Waals surface area contributed by atoms with Gasteiger partial charge in [0.1, 0.15) is 6.10 Å². The lowest BCUT2D eigenvalue weighted by Gasteiger charge is -2.26. The Morgan fingerprint density at radius 2 is 2.23 bits per heavy atom. The second kappa shape index (κ2) is 4.58. The van der Waals surface area contributed by atoms with Gasteiger partial charge in [0.05, 0.1) is 6.61 Å². The summed E-state index contributed by atoms with van der Waals surface area (Å²) in [6.07, 6.45) is 1.32. The van der Waals surface area contributed by atoms with Crippen LogP contribution in [-0.2, 0) is 9.53 Å². The molecule has 76 valence electrons. The Bertz CT molecular complexity index is 174. The van der Waals surface area contributed by atoms with Gasteiger partial charge in [-0.05, 0) is 26.7 Å². The minimum atomic E-state index is -0.290. The molecule has 0 aromatic carbocycles.